The normalized spacial score (nSPS) is 12.5. The van der Waals surface area contributed by atoms with E-state index in [4.69, 9.17) is 5.73 Å². The Labute approximate surface area is 180 Å². The minimum absolute atomic E-state index is 0.273. The number of methoxy groups -OCH3 is 1. The molecule has 1 unspecified atom stereocenters. The first-order valence-corrected chi connectivity index (χ1v) is 10.9. The van der Waals surface area contributed by atoms with Gasteiger partial charge in [-0.05, 0) is 54.8 Å². The van der Waals surface area contributed by atoms with Crippen LogP contribution in [0.4, 0.5) is 15.0 Å². The van der Waals surface area contributed by atoms with Gasteiger partial charge in [-0.25, -0.2) is 19.2 Å². The van der Waals surface area contributed by atoms with E-state index in [2.05, 4.69) is 20.0 Å². The molecule has 1 aromatic carbocycles. The second kappa shape index (κ2) is 8.66. The molecule has 4 rings (SSSR count). The summed E-state index contributed by atoms with van der Waals surface area (Å²) in [5.74, 6) is 0.113. The molecule has 0 bridgehead atoms. The summed E-state index contributed by atoms with van der Waals surface area (Å²) in [6, 6.07) is 13.7. The topological polar surface area (TPSA) is 94.5 Å². The lowest BCUT2D eigenvalue weighted by Crippen LogP contribution is -2.14. The first-order chi connectivity index (χ1) is 15.0. The van der Waals surface area contributed by atoms with Crippen molar-refractivity contribution in [3.63, 3.8) is 0 Å². The number of halogens is 1. The Morgan fingerprint density at radius 1 is 1.10 bits per heavy atom. The summed E-state index contributed by atoms with van der Waals surface area (Å²) in [5.41, 5.74) is 9.76. The van der Waals surface area contributed by atoms with Crippen molar-refractivity contribution in [2.45, 2.75) is 4.90 Å². The zero-order chi connectivity index (χ0) is 22.0. The summed E-state index contributed by atoms with van der Waals surface area (Å²) in [6.45, 7) is 0. The molecule has 0 aliphatic rings. The number of amides is 1. The van der Waals surface area contributed by atoms with E-state index in [1.165, 1.54) is 19.2 Å². The van der Waals surface area contributed by atoms with Crippen LogP contribution in [-0.2, 0) is 4.74 Å². The van der Waals surface area contributed by atoms with Gasteiger partial charge < -0.3 is 4.74 Å². The number of nitrogens with one attached hydrogen (secondary N) is 1. The molecule has 9 heteroatoms. The van der Waals surface area contributed by atoms with Crippen molar-refractivity contribution in [1.29, 1.82) is 0 Å². The fourth-order valence-corrected chi connectivity index (χ4v) is 4.33. The average molecular weight is 438 g/mol. The highest BCUT2D eigenvalue weighted by molar-refractivity contribution is 8.15. The van der Waals surface area contributed by atoms with Crippen molar-refractivity contribution in [3.8, 4) is 11.3 Å². The molecule has 0 spiro atoms. The maximum absolute atomic E-state index is 13.2. The summed E-state index contributed by atoms with van der Waals surface area (Å²) in [7, 11) is 0.892. The molecule has 1 atom stereocenters. The summed E-state index contributed by atoms with van der Waals surface area (Å²) in [6.07, 6.45) is 6.77. The zero-order valence-electron chi connectivity index (χ0n) is 16.9. The fourth-order valence-electron chi connectivity index (χ4n) is 3.06. The molecule has 3 N–H and O–H groups in total. The lowest BCUT2D eigenvalue weighted by molar-refractivity contribution is 0.187. The number of benzene rings is 1. The molecular formula is C22H20FN5O2S. The van der Waals surface area contributed by atoms with Gasteiger partial charge in [0, 0.05) is 33.4 Å². The van der Waals surface area contributed by atoms with Crippen LogP contribution in [0.15, 0.2) is 72.0 Å². The largest absolute Gasteiger partial charge is 0.453 e. The second-order valence-electron chi connectivity index (χ2n) is 6.67. The molecule has 158 valence electrons. The predicted molar refractivity (Wildman–Crippen MR) is 121 cm³/mol. The Morgan fingerprint density at radius 3 is 2.55 bits per heavy atom. The standard InChI is InChI=1S/C22H20FN5O2S/c1-30-22(29)27-19-9-3-14(11-25-19)18-12-26-20-10-4-15(13-28(18)20)21(24)31(2)17-7-5-16(23)6-8-17/h3-13H,24H2,1-2H3,(H,25,27,29). The predicted octanol–water partition coefficient (Wildman–Crippen LogP) is 4.11. The lowest BCUT2D eigenvalue weighted by atomic mass is 10.2. The molecule has 31 heavy (non-hydrogen) atoms. The van der Waals surface area contributed by atoms with Crippen molar-refractivity contribution in [2.75, 3.05) is 18.7 Å². The van der Waals surface area contributed by atoms with E-state index in [9.17, 15) is 9.18 Å². The van der Waals surface area contributed by atoms with Gasteiger partial charge in [0.25, 0.3) is 0 Å². The molecule has 0 saturated carbocycles. The van der Waals surface area contributed by atoms with E-state index in [0.717, 1.165) is 27.4 Å². The first-order valence-electron chi connectivity index (χ1n) is 9.29. The molecule has 3 heterocycles. The minimum atomic E-state index is -0.582. The monoisotopic (exact) mass is 437 g/mol. The molecule has 1 amide bonds. The Morgan fingerprint density at radius 2 is 1.87 bits per heavy atom. The number of imidazole rings is 1. The number of nitrogens with two attached hydrogens (primary N) is 1. The van der Waals surface area contributed by atoms with Crippen LogP contribution in [0.2, 0.25) is 0 Å². The Hall–Kier alpha value is -3.56. The average Bonchev–Trinajstić information content (AvgIpc) is 3.22. The van der Waals surface area contributed by atoms with Crippen LogP contribution in [0.25, 0.3) is 16.9 Å². The molecule has 7 nitrogen and oxygen atoms in total. The number of anilines is 1. The lowest BCUT2D eigenvalue weighted by Gasteiger charge is -2.11. The third-order valence-corrected chi connectivity index (χ3v) is 6.64. The Bertz CT molecular complexity index is 1280. The molecular weight excluding hydrogens is 417 g/mol. The maximum atomic E-state index is 13.2. The first kappa shape index (κ1) is 20.7. The number of nitrogens with zero attached hydrogens (tertiary/aromatic N) is 3. The van der Waals surface area contributed by atoms with Crippen molar-refractivity contribution < 1.29 is 13.9 Å². The summed E-state index contributed by atoms with van der Waals surface area (Å²) in [4.78, 5) is 21.7. The third-order valence-electron chi connectivity index (χ3n) is 4.76. The number of rotatable bonds is 4. The van der Waals surface area contributed by atoms with Crippen LogP contribution in [0.1, 0.15) is 5.56 Å². The van der Waals surface area contributed by atoms with Gasteiger partial charge in [0.15, 0.2) is 0 Å². The Kier molecular flexibility index (Phi) is 5.79. The highest BCUT2D eigenvalue weighted by atomic mass is 32.2. The van der Waals surface area contributed by atoms with Gasteiger partial charge in [-0.15, -0.1) is 10.5 Å². The Balaban J connectivity index is 1.70. The maximum Gasteiger partial charge on any atom is 0.412 e. The molecule has 0 radical (unpaired) electrons. The van der Waals surface area contributed by atoms with Gasteiger partial charge in [0.2, 0.25) is 0 Å². The molecule has 4 aromatic rings. The third kappa shape index (κ3) is 4.32. The second-order valence-corrected chi connectivity index (χ2v) is 8.60. The van der Waals surface area contributed by atoms with Crippen molar-refractivity contribution in [1.82, 2.24) is 14.4 Å². The number of pyridine rings is 2. The van der Waals surface area contributed by atoms with Crippen LogP contribution >= 0.6 is 10.5 Å². The highest BCUT2D eigenvalue weighted by Gasteiger charge is 2.10. The van der Waals surface area contributed by atoms with Gasteiger partial charge in [-0.1, -0.05) is 0 Å². The number of ether oxygens (including phenoxy) is 1. The van der Waals surface area contributed by atoms with Gasteiger partial charge in [-0.3, -0.25) is 15.5 Å². The molecule has 0 aliphatic heterocycles. The van der Waals surface area contributed by atoms with Gasteiger partial charge in [-0.2, -0.15) is 0 Å². The van der Waals surface area contributed by atoms with Crippen molar-refractivity contribution in [2.24, 2.45) is 5.73 Å². The molecule has 0 fully saturated rings. The van der Waals surface area contributed by atoms with Gasteiger partial charge >= 0.3 is 6.09 Å². The van der Waals surface area contributed by atoms with Crippen LogP contribution in [0.3, 0.4) is 0 Å². The molecule has 0 saturated heterocycles. The molecule has 3 aromatic heterocycles. The van der Waals surface area contributed by atoms with Gasteiger partial charge in [0.05, 0.1) is 19.0 Å². The van der Waals surface area contributed by atoms with Crippen LogP contribution in [0.5, 0.6) is 0 Å². The number of fused-ring (bicyclic) bond motifs is 1. The SMILES string of the molecule is COC(=O)Nc1ccc(-c2cnc3ccc(C(N)=S(C)c4ccc(F)cc4)cn23)cn1. The van der Waals surface area contributed by atoms with E-state index in [1.807, 2.05) is 35.1 Å². The van der Waals surface area contributed by atoms with Gasteiger partial charge in [0.1, 0.15) is 17.3 Å². The van der Waals surface area contributed by atoms with E-state index in [0.29, 0.717) is 10.8 Å². The molecule has 0 aliphatic carbocycles. The highest BCUT2D eigenvalue weighted by Crippen LogP contribution is 2.27. The zero-order valence-corrected chi connectivity index (χ0v) is 17.7. The van der Waals surface area contributed by atoms with E-state index < -0.39 is 16.6 Å². The van der Waals surface area contributed by atoms with Crippen molar-refractivity contribution in [3.05, 3.63) is 78.5 Å². The van der Waals surface area contributed by atoms with E-state index in [1.54, 1.807) is 30.6 Å². The smallest absolute Gasteiger partial charge is 0.412 e. The van der Waals surface area contributed by atoms with Crippen LogP contribution < -0.4 is 11.1 Å². The fraction of sp³-hybridized carbons (Fsp3) is 0.0909. The van der Waals surface area contributed by atoms with E-state index >= 15 is 0 Å². The van der Waals surface area contributed by atoms with E-state index in [-0.39, 0.29) is 5.82 Å². The number of aromatic nitrogens is 3. The van der Waals surface area contributed by atoms with Crippen LogP contribution in [0, 0.1) is 5.82 Å². The minimum Gasteiger partial charge on any atom is -0.453 e. The quantitative estimate of drug-likeness (QED) is 0.469. The number of carbonyl (C=O) groups is 1. The number of carbonyl (C=O) groups excluding carboxylic acids is 1. The summed E-state index contributed by atoms with van der Waals surface area (Å²) < 4.78 is 19.8. The number of hydrogen-bond donors (Lipinski definition) is 2. The van der Waals surface area contributed by atoms with Crippen molar-refractivity contribution >= 4 is 33.0 Å². The summed E-state index contributed by atoms with van der Waals surface area (Å²) in [5, 5.41) is 2.52. The summed E-state index contributed by atoms with van der Waals surface area (Å²) >= 11 is 0. The number of hydrogen-bond acceptors (Lipinski definition) is 4. The van der Waals surface area contributed by atoms with Crippen LogP contribution in [-0.4, -0.2) is 38.8 Å².